The number of hydrogen-bond donors (Lipinski definition) is 2. The molecule has 1 fully saturated rings. The molecule has 1 saturated heterocycles. The molecule has 0 saturated carbocycles. The molecule has 0 aromatic carbocycles. The second kappa shape index (κ2) is 6.26. The standard InChI is InChI=1S/C12H20N2S/c1-2-7-14-11(4-1)10-13-8-6-12-5-3-9-15-12/h3,5,9,11,13-14H,1-2,4,6-8,10H2. The van der Waals surface area contributed by atoms with E-state index in [1.165, 1.54) is 37.1 Å². The molecule has 2 N–H and O–H groups in total. The third-order valence-electron chi connectivity index (χ3n) is 2.93. The Balaban J connectivity index is 1.54. The van der Waals surface area contributed by atoms with E-state index in [1.807, 2.05) is 11.3 Å². The third kappa shape index (κ3) is 3.93. The molecule has 3 heteroatoms. The molecule has 2 rings (SSSR count). The van der Waals surface area contributed by atoms with Crippen LogP contribution in [0.4, 0.5) is 0 Å². The molecule has 1 atom stereocenters. The van der Waals surface area contributed by atoms with Gasteiger partial charge in [-0.3, -0.25) is 0 Å². The van der Waals surface area contributed by atoms with Gasteiger partial charge in [-0.05, 0) is 37.3 Å². The maximum atomic E-state index is 3.55. The molecule has 1 aromatic heterocycles. The molecule has 2 heterocycles. The predicted octanol–water partition coefficient (Wildman–Crippen LogP) is 2.02. The van der Waals surface area contributed by atoms with Crippen LogP contribution in [0.3, 0.4) is 0 Å². The van der Waals surface area contributed by atoms with E-state index in [-0.39, 0.29) is 0 Å². The lowest BCUT2D eigenvalue weighted by Crippen LogP contribution is -2.42. The molecule has 1 aliphatic rings. The topological polar surface area (TPSA) is 24.1 Å². The molecule has 0 bridgehead atoms. The minimum atomic E-state index is 0.710. The fourth-order valence-electron chi connectivity index (χ4n) is 2.04. The van der Waals surface area contributed by atoms with Gasteiger partial charge in [-0.1, -0.05) is 12.5 Å². The van der Waals surface area contributed by atoms with E-state index in [4.69, 9.17) is 0 Å². The average Bonchev–Trinajstić information content (AvgIpc) is 2.79. The van der Waals surface area contributed by atoms with Crippen molar-refractivity contribution in [2.75, 3.05) is 19.6 Å². The first-order chi connectivity index (χ1) is 7.45. The zero-order chi connectivity index (χ0) is 10.3. The number of rotatable bonds is 5. The zero-order valence-corrected chi connectivity index (χ0v) is 9.98. The lowest BCUT2D eigenvalue weighted by molar-refractivity contribution is 0.384. The number of thiophene rings is 1. The highest BCUT2D eigenvalue weighted by Crippen LogP contribution is 2.08. The molecule has 0 spiro atoms. The van der Waals surface area contributed by atoms with E-state index in [0.717, 1.165) is 13.1 Å². The van der Waals surface area contributed by atoms with Crippen LogP contribution in [0.25, 0.3) is 0 Å². The Bertz CT molecular complexity index is 253. The second-order valence-corrected chi connectivity index (χ2v) is 5.21. The maximum Gasteiger partial charge on any atom is 0.0192 e. The average molecular weight is 224 g/mol. The summed E-state index contributed by atoms with van der Waals surface area (Å²) in [5.41, 5.74) is 0. The monoisotopic (exact) mass is 224 g/mol. The van der Waals surface area contributed by atoms with E-state index >= 15 is 0 Å². The normalized spacial score (nSPS) is 21.7. The van der Waals surface area contributed by atoms with Crippen molar-refractivity contribution < 1.29 is 0 Å². The lowest BCUT2D eigenvalue weighted by atomic mass is 10.1. The SMILES string of the molecule is c1csc(CCNCC2CCCCN2)c1. The van der Waals surface area contributed by atoms with Crippen molar-refractivity contribution in [1.82, 2.24) is 10.6 Å². The molecule has 15 heavy (non-hydrogen) atoms. The van der Waals surface area contributed by atoms with Crippen molar-refractivity contribution in [2.45, 2.75) is 31.7 Å². The van der Waals surface area contributed by atoms with Gasteiger partial charge in [-0.2, -0.15) is 0 Å². The zero-order valence-electron chi connectivity index (χ0n) is 9.17. The Morgan fingerprint density at radius 3 is 3.20 bits per heavy atom. The highest BCUT2D eigenvalue weighted by atomic mass is 32.1. The minimum Gasteiger partial charge on any atom is -0.315 e. The molecule has 2 nitrogen and oxygen atoms in total. The van der Waals surface area contributed by atoms with Crippen molar-refractivity contribution >= 4 is 11.3 Å². The number of hydrogen-bond acceptors (Lipinski definition) is 3. The van der Waals surface area contributed by atoms with Gasteiger partial charge in [0.2, 0.25) is 0 Å². The first-order valence-electron chi connectivity index (χ1n) is 5.91. The summed E-state index contributed by atoms with van der Waals surface area (Å²) in [7, 11) is 0. The van der Waals surface area contributed by atoms with Gasteiger partial charge in [-0.15, -0.1) is 11.3 Å². The fourth-order valence-corrected chi connectivity index (χ4v) is 2.75. The first kappa shape index (κ1) is 11.1. The van der Waals surface area contributed by atoms with Gasteiger partial charge in [0.15, 0.2) is 0 Å². The highest BCUT2D eigenvalue weighted by Gasteiger charge is 2.10. The summed E-state index contributed by atoms with van der Waals surface area (Å²) in [6.07, 6.45) is 5.26. The van der Waals surface area contributed by atoms with Gasteiger partial charge < -0.3 is 10.6 Å². The number of piperidine rings is 1. The molecule has 1 unspecified atom stereocenters. The van der Waals surface area contributed by atoms with Crippen molar-refractivity contribution in [2.24, 2.45) is 0 Å². The molecule has 0 aliphatic carbocycles. The summed E-state index contributed by atoms with van der Waals surface area (Å²) in [6, 6.07) is 5.05. The van der Waals surface area contributed by atoms with E-state index in [9.17, 15) is 0 Å². The van der Waals surface area contributed by atoms with Crippen LogP contribution < -0.4 is 10.6 Å². The van der Waals surface area contributed by atoms with Crippen molar-refractivity contribution in [1.29, 1.82) is 0 Å². The van der Waals surface area contributed by atoms with Gasteiger partial charge >= 0.3 is 0 Å². The summed E-state index contributed by atoms with van der Waals surface area (Å²) < 4.78 is 0. The first-order valence-corrected chi connectivity index (χ1v) is 6.79. The second-order valence-electron chi connectivity index (χ2n) is 4.18. The Morgan fingerprint density at radius 1 is 1.47 bits per heavy atom. The maximum absolute atomic E-state index is 3.55. The molecule has 0 amide bonds. The summed E-state index contributed by atoms with van der Waals surface area (Å²) in [6.45, 7) is 3.45. The molecule has 1 aliphatic heterocycles. The van der Waals surface area contributed by atoms with Crippen molar-refractivity contribution in [3.63, 3.8) is 0 Å². The van der Waals surface area contributed by atoms with Gasteiger partial charge in [0.25, 0.3) is 0 Å². The minimum absolute atomic E-state index is 0.710. The molecule has 84 valence electrons. The van der Waals surface area contributed by atoms with E-state index in [0.29, 0.717) is 6.04 Å². The molecular weight excluding hydrogens is 204 g/mol. The van der Waals surface area contributed by atoms with Crippen LogP contribution in [0.5, 0.6) is 0 Å². The third-order valence-corrected chi connectivity index (χ3v) is 3.87. The Labute approximate surface area is 96.1 Å². The van der Waals surface area contributed by atoms with Crippen LogP contribution in [-0.2, 0) is 6.42 Å². The Morgan fingerprint density at radius 2 is 2.47 bits per heavy atom. The summed E-state index contributed by atoms with van der Waals surface area (Å²) in [5, 5.41) is 9.24. The van der Waals surface area contributed by atoms with Crippen LogP contribution in [0.2, 0.25) is 0 Å². The van der Waals surface area contributed by atoms with Crippen LogP contribution in [0.1, 0.15) is 24.1 Å². The molecule has 0 radical (unpaired) electrons. The fraction of sp³-hybridized carbons (Fsp3) is 0.667. The van der Waals surface area contributed by atoms with E-state index < -0.39 is 0 Å². The van der Waals surface area contributed by atoms with Gasteiger partial charge in [-0.25, -0.2) is 0 Å². The molecule has 1 aromatic rings. The van der Waals surface area contributed by atoms with Crippen LogP contribution in [0.15, 0.2) is 17.5 Å². The number of nitrogens with one attached hydrogen (secondary N) is 2. The summed E-state index contributed by atoms with van der Waals surface area (Å²) in [4.78, 5) is 1.49. The Hall–Kier alpha value is -0.380. The highest BCUT2D eigenvalue weighted by molar-refractivity contribution is 7.09. The smallest absolute Gasteiger partial charge is 0.0192 e. The van der Waals surface area contributed by atoms with Crippen LogP contribution in [-0.4, -0.2) is 25.7 Å². The van der Waals surface area contributed by atoms with Gasteiger partial charge in [0.05, 0.1) is 0 Å². The quantitative estimate of drug-likeness (QED) is 0.748. The predicted molar refractivity (Wildman–Crippen MR) is 66.5 cm³/mol. The largest absolute Gasteiger partial charge is 0.315 e. The van der Waals surface area contributed by atoms with Crippen LogP contribution >= 0.6 is 11.3 Å². The van der Waals surface area contributed by atoms with E-state index in [1.54, 1.807) is 0 Å². The van der Waals surface area contributed by atoms with Crippen molar-refractivity contribution in [3.05, 3.63) is 22.4 Å². The van der Waals surface area contributed by atoms with E-state index in [2.05, 4.69) is 28.1 Å². The Kier molecular flexibility index (Phi) is 4.64. The summed E-state index contributed by atoms with van der Waals surface area (Å²) in [5.74, 6) is 0. The van der Waals surface area contributed by atoms with Crippen molar-refractivity contribution in [3.8, 4) is 0 Å². The van der Waals surface area contributed by atoms with Gasteiger partial charge in [0.1, 0.15) is 0 Å². The molecular formula is C12H20N2S. The lowest BCUT2D eigenvalue weighted by Gasteiger charge is -2.23. The van der Waals surface area contributed by atoms with Gasteiger partial charge in [0, 0.05) is 24.0 Å². The summed E-state index contributed by atoms with van der Waals surface area (Å²) >= 11 is 1.85. The van der Waals surface area contributed by atoms with Crippen LogP contribution in [0, 0.1) is 0 Å².